The Morgan fingerprint density at radius 1 is 1.05 bits per heavy atom. The van der Waals surface area contributed by atoms with Gasteiger partial charge in [0, 0.05) is 13.0 Å². The first-order valence-corrected chi connectivity index (χ1v) is 14.1. The molecule has 5 rings (SSSR count). The Balaban J connectivity index is 1.43. The van der Waals surface area contributed by atoms with Crippen molar-refractivity contribution in [3.8, 4) is 5.75 Å². The third-order valence-corrected chi connectivity index (χ3v) is 8.67. The highest BCUT2D eigenvalue weighted by atomic mass is 35.5. The fourth-order valence-corrected chi connectivity index (χ4v) is 6.66. The number of carbonyl (C=O) groups excluding carboxylic acids is 2. The predicted octanol–water partition coefficient (Wildman–Crippen LogP) is 7.43. The molecule has 2 heterocycles. The molecule has 2 aromatic carbocycles. The minimum atomic E-state index is -5.14. The number of carbonyl (C=O) groups is 2. The predicted molar refractivity (Wildman–Crippen MR) is 149 cm³/mol. The number of halogens is 7. The van der Waals surface area contributed by atoms with Crippen molar-refractivity contribution in [2.45, 2.75) is 44.6 Å². The molecule has 2 fully saturated rings. The van der Waals surface area contributed by atoms with Crippen molar-refractivity contribution in [3.63, 3.8) is 0 Å². The van der Waals surface area contributed by atoms with Gasteiger partial charge in [0.25, 0.3) is 0 Å². The summed E-state index contributed by atoms with van der Waals surface area (Å²) in [6.07, 6.45) is -7.71. The zero-order valence-electron chi connectivity index (χ0n) is 23.6. The van der Waals surface area contributed by atoms with Crippen LogP contribution in [0.25, 0.3) is 6.08 Å². The van der Waals surface area contributed by atoms with Crippen LogP contribution in [0.1, 0.15) is 42.9 Å². The maximum atomic E-state index is 13.7. The van der Waals surface area contributed by atoms with E-state index in [0.717, 1.165) is 16.7 Å². The molecule has 6 nitrogen and oxygen atoms in total. The summed E-state index contributed by atoms with van der Waals surface area (Å²) in [5.41, 5.74) is -0.813. The molecule has 0 radical (unpaired) electrons. The first-order valence-electron chi connectivity index (χ1n) is 13.8. The molecule has 2 aliphatic heterocycles. The minimum Gasteiger partial charge on any atom is -0.508 e. The SMILES string of the molecule is COCC1=C2[C@@H](CC/C(C)=C/c3ccc(O)cc3Cl)OC[C@@H]2[C@@H]2C(=O)N(c3cc(C(F)(F)F)cc(C(F)(F)F)c3)C(=O)[C@@H]2C1. The number of imide groups is 1. The van der Waals surface area contributed by atoms with Gasteiger partial charge in [0.15, 0.2) is 0 Å². The lowest BCUT2D eigenvalue weighted by Gasteiger charge is -2.31. The lowest BCUT2D eigenvalue weighted by Crippen LogP contribution is -2.35. The number of rotatable bonds is 7. The molecule has 2 aromatic rings. The van der Waals surface area contributed by atoms with Crippen molar-refractivity contribution in [2.75, 3.05) is 25.2 Å². The fourth-order valence-electron chi connectivity index (χ4n) is 6.43. The second kappa shape index (κ2) is 11.9. The number of hydrogen-bond acceptors (Lipinski definition) is 5. The molecule has 0 spiro atoms. The highest BCUT2D eigenvalue weighted by Gasteiger charge is 2.57. The Hall–Kier alpha value is -3.35. The van der Waals surface area contributed by atoms with Crippen molar-refractivity contribution in [1.29, 1.82) is 0 Å². The maximum Gasteiger partial charge on any atom is 0.416 e. The van der Waals surface area contributed by atoms with E-state index in [9.17, 15) is 41.0 Å². The van der Waals surface area contributed by atoms with Crippen molar-refractivity contribution in [3.05, 3.63) is 74.8 Å². The van der Waals surface area contributed by atoms with E-state index in [1.807, 2.05) is 13.0 Å². The molecule has 2 saturated heterocycles. The maximum absolute atomic E-state index is 13.7. The Bertz CT molecular complexity index is 1520. The summed E-state index contributed by atoms with van der Waals surface area (Å²) in [4.78, 5) is 27.7. The summed E-state index contributed by atoms with van der Waals surface area (Å²) >= 11 is 6.22. The summed E-state index contributed by atoms with van der Waals surface area (Å²) in [6.45, 7) is 2.08. The number of ether oxygens (including phenoxy) is 2. The molecule has 3 aliphatic rings. The minimum absolute atomic E-state index is 0.0377. The lowest BCUT2D eigenvalue weighted by molar-refractivity contribution is -0.143. The Kier molecular flexibility index (Phi) is 8.65. The number of amides is 2. The van der Waals surface area contributed by atoms with E-state index in [1.165, 1.54) is 19.2 Å². The number of phenolic OH excluding ortho intramolecular Hbond substituents is 1. The molecule has 4 atom stereocenters. The number of fused-ring (bicyclic) bond motifs is 3. The Labute approximate surface area is 253 Å². The van der Waals surface area contributed by atoms with Gasteiger partial charge in [-0.15, -0.1) is 0 Å². The normalized spacial score (nSPS) is 24.3. The second-order valence-corrected chi connectivity index (χ2v) is 11.7. The molecule has 44 heavy (non-hydrogen) atoms. The number of hydrogen-bond donors (Lipinski definition) is 1. The van der Waals surface area contributed by atoms with Gasteiger partial charge in [-0.1, -0.05) is 23.3 Å². The van der Waals surface area contributed by atoms with E-state index in [0.29, 0.717) is 40.5 Å². The topological polar surface area (TPSA) is 76.1 Å². The number of allylic oxidation sites excluding steroid dienone is 1. The molecule has 236 valence electrons. The molecule has 0 unspecified atom stereocenters. The van der Waals surface area contributed by atoms with Crippen LogP contribution in [0.4, 0.5) is 32.0 Å². The molecule has 0 aromatic heterocycles. The third kappa shape index (κ3) is 6.12. The number of phenols is 1. The van der Waals surface area contributed by atoms with Gasteiger partial charge in [-0.2, -0.15) is 26.3 Å². The van der Waals surface area contributed by atoms with Crippen molar-refractivity contribution >= 4 is 35.2 Å². The lowest BCUT2D eigenvalue weighted by atomic mass is 9.69. The van der Waals surface area contributed by atoms with Crippen LogP contribution in [0.5, 0.6) is 5.75 Å². The standard InChI is InChI=1S/C31H28ClF6NO5/c1-15(7-16-4-5-21(40)12-24(16)32)3-6-25-26-17(13-43-2)8-22-27(23(26)14-44-25)29(42)39(28(22)41)20-10-18(30(33,34)35)9-19(11-20)31(36,37)38/h4-5,7,9-12,22-23,25,27,40H,3,6,8,13-14H2,1-2H3/b15-7+/t22-,23+,25-,27-/m1/s1. The molecule has 0 saturated carbocycles. The van der Waals surface area contributed by atoms with Crippen LogP contribution in [0.15, 0.2) is 53.1 Å². The first kappa shape index (κ1) is 32.1. The number of aromatic hydroxyl groups is 1. The van der Waals surface area contributed by atoms with Gasteiger partial charge in [-0.05, 0) is 79.3 Å². The van der Waals surface area contributed by atoms with Gasteiger partial charge in [0.05, 0.1) is 53.0 Å². The monoisotopic (exact) mass is 643 g/mol. The van der Waals surface area contributed by atoms with Crippen molar-refractivity contribution in [2.24, 2.45) is 17.8 Å². The van der Waals surface area contributed by atoms with Crippen LogP contribution >= 0.6 is 11.6 Å². The third-order valence-electron chi connectivity index (χ3n) is 8.34. The number of methoxy groups -OCH3 is 1. The van der Waals surface area contributed by atoms with Crippen LogP contribution in [0, 0.1) is 17.8 Å². The van der Waals surface area contributed by atoms with E-state index >= 15 is 0 Å². The van der Waals surface area contributed by atoms with E-state index in [4.69, 9.17) is 21.1 Å². The van der Waals surface area contributed by atoms with Crippen molar-refractivity contribution in [1.82, 2.24) is 0 Å². The van der Waals surface area contributed by atoms with E-state index in [1.54, 1.807) is 6.07 Å². The molecule has 13 heteroatoms. The summed E-state index contributed by atoms with van der Waals surface area (Å²) in [6, 6.07) is 5.38. The second-order valence-electron chi connectivity index (χ2n) is 11.3. The molecular formula is C31H28ClF6NO5. The quantitative estimate of drug-likeness (QED) is 0.193. The zero-order chi connectivity index (χ0) is 32.1. The highest BCUT2D eigenvalue weighted by Crippen LogP contribution is 2.51. The molecule has 2 amide bonds. The molecule has 1 aliphatic carbocycles. The number of anilines is 1. The average Bonchev–Trinajstić information content (AvgIpc) is 3.46. The number of alkyl halides is 6. The van der Waals surface area contributed by atoms with Gasteiger partial charge in [-0.25, -0.2) is 4.90 Å². The van der Waals surface area contributed by atoms with Crippen LogP contribution in [-0.2, 0) is 31.4 Å². The smallest absolute Gasteiger partial charge is 0.416 e. The number of benzene rings is 2. The van der Waals surface area contributed by atoms with Gasteiger partial charge < -0.3 is 14.6 Å². The highest BCUT2D eigenvalue weighted by molar-refractivity contribution is 6.32. The largest absolute Gasteiger partial charge is 0.508 e. The molecule has 1 N–H and O–H groups in total. The summed E-state index contributed by atoms with van der Waals surface area (Å²) in [5.74, 6) is -4.24. The molecule has 0 bridgehead atoms. The number of nitrogens with zero attached hydrogens (tertiary/aromatic N) is 1. The van der Waals surface area contributed by atoms with Crippen LogP contribution in [0.3, 0.4) is 0 Å². The first-order chi connectivity index (χ1) is 20.6. The Morgan fingerprint density at radius 2 is 1.70 bits per heavy atom. The van der Waals surface area contributed by atoms with Gasteiger partial charge in [0.1, 0.15) is 5.75 Å². The van der Waals surface area contributed by atoms with E-state index in [-0.39, 0.29) is 31.5 Å². The van der Waals surface area contributed by atoms with Gasteiger partial charge >= 0.3 is 12.4 Å². The zero-order valence-corrected chi connectivity index (χ0v) is 24.3. The molecular weight excluding hydrogens is 616 g/mol. The van der Waals surface area contributed by atoms with E-state index in [2.05, 4.69) is 0 Å². The fraction of sp³-hybridized carbons (Fsp3) is 0.419. The summed E-state index contributed by atoms with van der Waals surface area (Å²) in [5, 5.41) is 9.97. The van der Waals surface area contributed by atoms with Crippen molar-refractivity contribution < 1.29 is 50.5 Å². The van der Waals surface area contributed by atoms with E-state index < -0.39 is 64.8 Å². The average molecular weight is 644 g/mol. The summed E-state index contributed by atoms with van der Waals surface area (Å²) in [7, 11) is 1.46. The van der Waals surface area contributed by atoms with Gasteiger partial charge in [0.2, 0.25) is 11.8 Å². The van der Waals surface area contributed by atoms with Crippen LogP contribution in [-0.4, -0.2) is 43.3 Å². The van der Waals surface area contributed by atoms with Gasteiger partial charge in [-0.3, -0.25) is 9.59 Å². The Morgan fingerprint density at radius 3 is 2.30 bits per heavy atom. The van der Waals surface area contributed by atoms with Crippen LogP contribution in [0.2, 0.25) is 5.02 Å². The summed E-state index contributed by atoms with van der Waals surface area (Å²) < 4.78 is 92.7. The van der Waals surface area contributed by atoms with Crippen LogP contribution < -0.4 is 4.90 Å².